The minimum Gasteiger partial charge on any atom is -0.493 e. The Morgan fingerprint density at radius 2 is 1.98 bits per heavy atom. The van der Waals surface area contributed by atoms with Crippen LogP contribution < -0.4 is 15.4 Å². The number of aliphatic carboxylic acids is 1. The van der Waals surface area contributed by atoms with Crippen molar-refractivity contribution in [1.82, 2.24) is 20.5 Å². The number of carboxylic acid groups (broad SMARTS) is 1. The quantitative estimate of drug-likeness (QED) is 0.305. The van der Waals surface area contributed by atoms with Gasteiger partial charge in [-0.2, -0.15) is 0 Å². The molecule has 1 saturated carbocycles. The molecule has 1 unspecified atom stereocenters. The van der Waals surface area contributed by atoms with Crippen LogP contribution in [-0.4, -0.2) is 80.8 Å². The zero-order valence-electron chi connectivity index (χ0n) is 24.1. The van der Waals surface area contributed by atoms with Crippen molar-refractivity contribution < 1.29 is 38.5 Å². The zero-order chi connectivity index (χ0) is 30.8. The predicted octanol–water partition coefficient (Wildman–Crippen LogP) is 2.58. The van der Waals surface area contributed by atoms with Crippen LogP contribution in [0, 0.1) is 12.3 Å². The average Bonchev–Trinajstić information content (AvgIpc) is 3.33. The number of carbonyl (C=O) groups excluding carboxylic acids is 3. The molecule has 228 valence electrons. The minimum atomic E-state index is -1.97. The molecule has 1 saturated heterocycles. The van der Waals surface area contributed by atoms with Gasteiger partial charge in [-0.1, -0.05) is 32.9 Å². The van der Waals surface area contributed by atoms with Gasteiger partial charge >= 0.3 is 5.97 Å². The van der Waals surface area contributed by atoms with Crippen LogP contribution >= 0.6 is 11.3 Å². The summed E-state index contributed by atoms with van der Waals surface area (Å²) in [5.41, 5.74) is 1.24. The van der Waals surface area contributed by atoms with E-state index in [9.17, 15) is 28.7 Å². The molecule has 13 heteroatoms. The molecule has 0 spiro atoms. The molecule has 1 aliphatic carbocycles. The van der Waals surface area contributed by atoms with Gasteiger partial charge in [0.25, 0.3) is 5.91 Å². The van der Waals surface area contributed by atoms with Gasteiger partial charge < -0.3 is 30.5 Å². The van der Waals surface area contributed by atoms with Crippen molar-refractivity contribution in [1.29, 1.82) is 0 Å². The van der Waals surface area contributed by atoms with Crippen LogP contribution in [0.4, 0.5) is 4.39 Å². The first-order valence-corrected chi connectivity index (χ1v) is 14.7. The summed E-state index contributed by atoms with van der Waals surface area (Å²) >= 11 is 1.46. The summed E-state index contributed by atoms with van der Waals surface area (Å²) in [5, 5.41) is 24.8. The average molecular weight is 605 g/mol. The fourth-order valence-electron chi connectivity index (χ4n) is 4.82. The highest BCUT2D eigenvalue weighted by atomic mass is 32.1. The number of aryl methyl sites for hydroxylation is 1. The number of likely N-dealkylation sites (tertiary alicyclic amines) is 1. The molecule has 1 aromatic carbocycles. The molecule has 3 atom stereocenters. The van der Waals surface area contributed by atoms with Gasteiger partial charge in [-0.15, -0.1) is 11.3 Å². The van der Waals surface area contributed by atoms with Crippen LogP contribution in [0.1, 0.15) is 57.7 Å². The molecule has 0 radical (unpaired) electrons. The first-order chi connectivity index (χ1) is 19.7. The molecule has 42 heavy (non-hydrogen) atoms. The highest BCUT2D eigenvalue weighted by molar-refractivity contribution is 7.13. The topological polar surface area (TPSA) is 158 Å². The Morgan fingerprint density at radius 1 is 1.26 bits per heavy atom. The molecule has 1 aromatic heterocycles. The summed E-state index contributed by atoms with van der Waals surface area (Å²) in [7, 11) is 0. The molecule has 0 bridgehead atoms. The number of alkyl halides is 1. The van der Waals surface area contributed by atoms with Gasteiger partial charge in [0.05, 0.1) is 35.2 Å². The largest absolute Gasteiger partial charge is 0.493 e. The summed E-state index contributed by atoms with van der Waals surface area (Å²) in [6.45, 7) is 6.92. The molecule has 4 rings (SSSR count). The number of amides is 3. The van der Waals surface area contributed by atoms with E-state index in [1.54, 1.807) is 38.4 Å². The lowest BCUT2D eigenvalue weighted by Crippen LogP contribution is -2.59. The number of rotatable bonds is 11. The first kappa shape index (κ1) is 31.4. The van der Waals surface area contributed by atoms with E-state index in [1.165, 1.54) is 16.2 Å². The lowest BCUT2D eigenvalue weighted by molar-refractivity contribution is -0.145. The van der Waals surface area contributed by atoms with E-state index in [0.29, 0.717) is 11.3 Å². The van der Waals surface area contributed by atoms with Crippen molar-refractivity contribution in [2.45, 2.75) is 83.8 Å². The van der Waals surface area contributed by atoms with Crippen LogP contribution in [0.3, 0.4) is 0 Å². The Balaban J connectivity index is 1.49. The van der Waals surface area contributed by atoms with Crippen molar-refractivity contribution in [3.05, 3.63) is 35.0 Å². The summed E-state index contributed by atoms with van der Waals surface area (Å²) < 4.78 is 20.2. The van der Waals surface area contributed by atoms with Crippen molar-refractivity contribution in [3.8, 4) is 16.2 Å². The van der Waals surface area contributed by atoms with Gasteiger partial charge in [-0.25, -0.2) is 9.37 Å². The monoisotopic (exact) mass is 604 g/mol. The number of aliphatic hydroxyl groups excluding tert-OH is 1. The molecular formula is C29H37FN4O7S. The highest BCUT2D eigenvalue weighted by Crippen LogP contribution is 2.40. The number of β-amino-alcohol motifs (C(OH)–C–C–N with tert-alkyl or cyclic N) is 1. The number of thiazole rings is 1. The molecular weight excluding hydrogens is 567 g/mol. The predicted molar refractivity (Wildman–Crippen MR) is 152 cm³/mol. The number of hydrogen-bond donors (Lipinski definition) is 4. The number of nitrogens with one attached hydrogen (secondary N) is 2. The highest BCUT2D eigenvalue weighted by Gasteiger charge is 2.53. The number of aromatic nitrogens is 1. The van der Waals surface area contributed by atoms with E-state index in [2.05, 4.69) is 15.6 Å². The lowest BCUT2D eigenvalue weighted by atomic mass is 9.85. The number of hydrogen-bond acceptors (Lipinski definition) is 8. The molecule has 2 aromatic rings. The Morgan fingerprint density at radius 3 is 2.57 bits per heavy atom. The van der Waals surface area contributed by atoms with Crippen LogP contribution in [0.15, 0.2) is 23.7 Å². The summed E-state index contributed by atoms with van der Waals surface area (Å²) in [5.74, 6) is -2.53. The first-order valence-electron chi connectivity index (χ1n) is 13.8. The van der Waals surface area contributed by atoms with E-state index in [0.717, 1.165) is 16.1 Å². The molecule has 2 aliphatic rings. The molecule has 2 fully saturated rings. The third kappa shape index (κ3) is 7.24. The molecule has 1 aliphatic heterocycles. The number of carboxylic acids is 1. The third-order valence-corrected chi connectivity index (χ3v) is 8.43. The van der Waals surface area contributed by atoms with Gasteiger partial charge in [0.15, 0.2) is 5.67 Å². The second kappa shape index (κ2) is 12.3. The fourth-order valence-corrected chi connectivity index (χ4v) is 5.62. The maximum atomic E-state index is 14.4. The number of benzene rings is 1. The SMILES string of the molecule is Cc1ncsc1-c1ccc(CNC(=O)[C@@H]2C[C@@H](O)CN2C(=O)C(NC(=O)C2(F)CC2)C(C)(C)C)c(OCCC(=O)O)c1. The van der Waals surface area contributed by atoms with Crippen molar-refractivity contribution in [2.24, 2.45) is 5.41 Å². The van der Waals surface area contributed by atoms with Gasteiger partial charge in [-0.3, -0.25) is 19.2 Å². The standard InChI is InChI=1S/C29H37FN4O7S/c1-16-23(42-15-32-16)17-5-6-18(21(11-17)41-10-7-22(36)37)13-31-25(38)20-12-19(35)14-34(20)26(39)24(28(2,3)4)33-27(40)29(30)8-9-29/h5-6,11,15,19-20,24,35H,7-10,12-14H2,1-4H3,(H,31,38)(H,33,40)(H,36,37)/t19-,20+,24?/m1/s1. The Bertz CT molecular complexity index is 1350. The number of aliphatic hydroxyl groups is 1. The Kier molecular flexibility index (Phi) is 9.21. The van der Waals surface area contributed by atoms with Crippen molar-refractivity contribution in [2.75, 3.05) is 13.2 Å². The van der Waals surface area contributed by atoms with E-state index >= 15 is 0 Å². The maximum Gasteiger partial charge on any atom is 0.306 e. The fraction of sp³-hybridized carbons (Fsp3) is 0.552. The van der Waals surface area contributed by atoms with E-state index < -0.39 is 53.0 Å². The third-order valence-electron chi connectivity index (χ3n) is 7.45. The number of nitrogens with zero attached hydrogens (tertiary/aromatic N) is 2. The van der Waals surface area contributed by atoms with Gasteiger partial charge in [0.1, 0.15) is 17.8 Å². The van der Waals surface area contributed by atoms with Gasteiger partial charge in [0, 0.05) is 25.1 Å². The van der Waals surface area contributed by atoms with Crippen LogP contribution in [0.2, 0.25) is 0 Å². The van der Waals surface area contributed by atoms with Gasteiger partial charge in [-0.05, 0) is 36.8 Å². The maximum absolute atomic E-state index is 14.4. The second-order valence-corrected chi connectivity index (χ2v) is 12.8. The Labute approximate surface area is 247 Å². The lowest BCUT2D eigenvalue weighted by Gasteiger charge is -2.35. The minimum absolute atomic E-state index is 0.000985. The number of halogens is 1. The number of carbonyl (C=O) groups is 4. The molecule has 2 heterocycles. The Hall–Kier alpha value is -3.58. The van der Waals surface area contributed by atoms with Crippen LogP contribution in [-0.2, 0) is 25.7 Å². The van der Waals surface area contributed by atoms with Crippen LogP contribution in [0.5, 0.6) is 5.75 Å². The molecule has 3 amide bonds. The van der Waals surface area contributed by atoms with Crippen LogP contribution in [0.25, 0.3) is 10.4 Å². The van der Waals surface area contributed by atoms with Crippen molar-refractivity contribution >= 4 is 35.0 Å². The normalized spacial score (nSPS) is 20.1. The van der Waals surface area contributed by atoms with E-state index in [1.807, 2.05) is 13.0 Å². The van der Waals surface area contributed by atoms with Crippen molar-refractivity contribution in [3.63, 3.8) is 0 Å². The van der Waals surface area contributed by atoms with E-state index in [-0.39, 0.29) is 45.4 Å². The zero-order valence-corrected chi connectivity index (χ0v) is 24.9. The second-order valence-electron chi connectivity index (χ2n) is 11.9. The van der Waals surface area contributed by atoms with Gasteiger partial charge in [0.2, 0.25) is 11.8 Å². The number of ether oxygens (including phenoxy) is 1. The summed E-state index contributed by atoms with van der Waals surface area (Å²) in [4.78, 5) is 57.0. The summed E-state index contributed by atoms with van der Waals surface area (Å²) in [6, 6.07) is 3.29. The van der Waals surface area contributed by atoms with E-state index in [4.69, 9.17) is 9.84 Å². The smallest absolute Gasteiger partial charge is 0.306 e. The molecule has 11 nitrogen and oxygen atoms in total. The summed E-state index contributed by atoms with van der Waals surface area (Å²) in [6.07, 6.45) is -0.953. The molecule has 4 N–H and O–H groups in total.